The van der Waals surface area contributed by atoms with E-state index in [-0.39, 0.29) is 0 Å². The van der Waals surface area contributed by atoms with Gasteiger partial charge in [-0.15, -0.1) is 0 Å². The van der Waals surface area contributed by atoms with Gasteiger partial charge in [0.2, 0.25) is 0 Å². The van der Waals surface area contributed by atoms with Gasteiger partial charge in [-0.05, 0) is 36.8 Å². The van der Waals surface area contributed by atoms with Gasteiger partial charge in [-0.3, -0.25) is 9.59 Å². The highest BCUT2D eigenvalue weighted by Crippen LogP contribution is 2.23. The fraction of sp³-hybridized carbons (Fsp3) is 0.476. The molecule has 6 nitrogen and oxygen atoms in total. The first kappa shape index (κ1) is 23.4. The number of aryl methyl sites for hydroxylation is 2. The van der Waals surface area contributed by atoms with Crippen LogP contribution in [0.4, 0.5) is 18.9 Å². The number of anilines is 1. The molecule has 1 aliphatic rings. The molecule has 1 aromatic rings. The minimum atomic E-state index is -4.96. The number of likely N-dealkylation sites (tertiary alicyclic amines) is 1. The van der Waals surface area contributed by atoms with Crippen LogP contribution in [0.5, 0.6) is 0 Å². The Morgan fingerprint density at radius 2 is 1.83 bits per heavy atom. The van der Waals surface area contributed by atoms with Crippen LogP contribution in [0.2, 0.25) is 0 Å². The topological polar surface area (TPSA) is 75.7 Å². The van der Waals surface area contributed by atoms with E-state index >= 15 is 0 Å². The highest BCUT2D eigenvalue weighted by atomic mass is 19.4. The summed E-state index contributed by atoms with van der Waals surface area (Å²) >= 11 is 0. The zero-order chi connectivity index (χ0) is 22.3. The van der Waals surface area contributed by atoms with Crippen molar-refractivity contribution in [2.45, 2.75) is 51.7 Å². The van der Waals surface area contributed by atoms with Gasteiger partial charge < -0.3 is 15.0 Å². The molecule has 1 N–H and O–H groups in total. The first-order valence-electron chi connectivity index (χ1n) is 9.79. The number of carbonyl (C=O) groups is 3. The van der Waals surface area contributed by atoms with Crippen molar-refractivity contribution in [3.63, 3.8) is 0 Å². The lowest BCUT2D eigenvalue weighted by molar-refractivity contribution is -0.165. The molecular weight excluding hydrogens is 401 g/mol. The van der Waals surface area contributed by atoms with Gasteiger partial charge in [-0.1, -0.05) is 32.0 Å². The van der Waals surface area contributed by atoms with Crippen LogP contribution in [-0.4, -0.2) is 47.9 Å². The average Bonchev–Trinajstić information content (AvgIpc) is 3.18. The van der Waals surface area contributed by atoms with Gasteiger partial charge in [0.05, 0.1) is 0 Å². The van der Waals surface area contributed by atoms with Crippen molar-refractivity contribution in [1.29, 1.82) is 0 Å². The van der Waals surface area contributed by atoms with Crippen molar-refractivity contribution in [3.8, 4) is 0 Å². The number of ether oxygens (including phenoxy) is 1. The number of nitrogens with one attached hydrogen (secondary N) is 1. The number of ketones is 1. The molecule has 1 heterocycles. The molecule has 1 saturated heterocycles. The number of para-hydroxylation sites is 1. The average molecular weight is 426 g/mol. The first-order valence-corrected chi connectivity index (χ1v) is 9.79. The Hall–Kier alpha value is -2.84. The number of nitrogens with zero attached hydrogens (tertiary/aromatic N) is 1. The summed E-state index contributed by atoms with van der Waals surface area (Å²) < 4.78 is 42.0. The van der Waals surface area contributed by atoms with Gasteiger partial charge >= 0.3 is 12.1 Å². The van der Waals surface area contributed by atoms with Crippen molar-refractivity contribution >= 4 is 23.3 Å². The number of halogens is 3. The largest absolute Gasteiger partial charge is 0.454 e. The van der Waals surface area contributed by atoms with Gasteiger partial charge in [0, 0.05) is 24.5 Å². The van der Waals surface area contributed by atoms with Crippen molar-refractivity contribution in [2.75, 3.05) is 18.5 Å². The highest BCUT2D eigenvalue weighted by molar-refractivity contribution is 5.95. The predicted octanol–water partition coefficient (Wildman–Crippen LogP) is 3.40. The molecule has 1 aromatic carbocycles. The van der Waals surface area contributed by atoms with E-state index in [4.69, 9.17) is 4.74 Å². The zero-order valence-corrected chi connectivity index (χ0v) is 16.9. The molecule has 0 radical (unpaired) electrons. The number of allylic oxidation sites excluding steroid dienone is 1. The molecule has 0 aromatic heterocycles. The van der Waals surface area contributed by atoms with Crippen molar-refractivity contribution in [2.24, 2.45) is 0 Å². The molecule has 30 heavy (non-hydrogen) atoms. The Morgan fingerprint density at radius 3 is 2.40 bits per heavy atom. The molecule has 164 valence electrons. The van der Waals surface area contributed by atoms with E-state index < -0.39 is 36.5 Å². The Kier molecular flexibility index (Phi) is 8.02. The number of hydrogen-bond donors (Lipinski definition) is 1. The molecule has 0 saturated carbocycles. The van der Waals surface area contributed by atoms with E-state index in [1.165, 1.54) is 4.90 Å². The summed E-state index contributed by atoms with van der Waals surface area (Å²) in [7, 11) is 0. The Labute approximate surface area is 173 Å². The summed E-state index contributed by atoms with van der Waals surface area (Å²) in [4.78, 5) is 36.9. The molecule has 1 amide bonds. The maximum absolute atomic E-state index is 12.3. The molecule has 1 fully saturated rings. The summed E-state index contributed by atoms with van der Waals surface area (Å²) in [5.41, 5.74) is 2.64. The van der Waals surface area contributed by atoms with E-state index in [1.807, 2.05) is 32.0 Å². The van der Waals surface area contributed by atoms with Crippen molar-refractivity contribution in [1.82, 2.24) is 4.90 Å². The van der Waals surface area contributed by atoms with Gasteiger partial charge in [0.15, 0.2) is 6.61 Å². The molecule has 0 aliphatic carbocycles. The van der Waals surface area contributed by atoms with E-state index in [2.05, 4.69) is 5.32 Å². The van der Waals surface area contributed by atoms with Crippen LogP contribution in [0, 0.1) is 0 Å². The smallest absolute Gasteiger partial charge is 0.454 e. The fourth-order valence-corrected chi connectivity index (χ4v) is 3.29. The molecule has 9 heteroatoms. The second kappa shape index (κ2) is 10.3. The maximum atomic E-state index is 12.3. The standard InChI is InChI=1S/C21H25F3N2O4/c1-3-14-7-5-8-15(4-2)19(14)25-18(28)13-30-20(29)16-9-6-11-26(16)12-10-17(27)21(22,23)24/h5,7-8,10,12,16H,3-4,6,9,11,13H2,1-2H3,(H,25,28)/b12-10+/t16-/m0/s1. The van der Waals surface area contributed by atoms with Gasteiger partial charge in [0.25, 0.3) is 11.7 Å². The van der Waals surface area contributed by atoms with Crippen LogP contribution in [-0.2, 0) is 32.0 Å². The van der Waals surface area contributed by atoms with Crippen LogP contribution >= 0.6 is 0 Å². The summed E-state index contributed by atoms with van der Waals surface area (Å²) in [6.45, 7) is 3.75. The second-order valence-electron chi connectivity index (χ2n) is 6.89. The van der Waals surface area contributed by atoms with Crippen LogP contribution in [0.1, 0.15) is 37.8 Å². The third kappa shape index (κ3) is 6.08. The SMILES string of the molecule is CCc1cccc(CC)c1NC(=O)COC(=O)[C@@H]1CCCN1/C=C/C(=O)C(F)(F)F. The van der Waals surface area contributed by atoms with Crippen LogP contribution in [0.15, 0.2) is 30.5 Å². The highest BCUT2D eigenvalue weighted by Gasteiger charge is 2.37. The lowest BCUT2D eigenvalue weighted by Gasteiger charge is -2.21. The Morgan fingerprint density at radius 1 is 1.20 bits per heavy atom. The summed E-state index contributed by atoms with van der Waals surface area (Å²) in [6.07, 6.45) is -1.24. The Balaban J connectivity index is 1.94. The quantitative estimate of drug-likeness (QED) is 0.509. The van der Waals surface area contributed by atoms with Gasteiger partial charge in [-0.25, -0.2) is 4.79 Å². The van der Waals surface area contributed by atoms with Gasteiger partial charge in [0.1, 0.15) is 6.04 Å². The van der Waals surface area contributed by atoms with E-state index in [1.54, 1.807) is 0 Å². The lowest BCUT2D eigenvalue weighted by atomic mass is 10.0. The number of carbonyl (C=O) groups excluding carboxylic acids is 3. The lowest BCUT2D eigenvalue weighted by Crippen LogP contribution is -2.35. The monoisotopic (exact) mass is 426 g/mol. The third-order valence-corrected chi connectivity index (χ3v) is 4.87. The van der Waals surface area contributed by atoms with E-state index in [0.29, 0.717) is 31.1 Å². The van der Waals surface area contributed by atoms with Crippen LogP contribution in [0.25, 0.3) is 0 Å². The predicted molar refractivity (Wildman–Crippen MR) is 105 cm³/mol. The number of amides is 1. The number of rotatable bonds is 8. The normalized spacial score (nSPS) is 16.7. The fourth-order valence-electron chi connectivity index (χ4n) is 3.29. The summed E-state index contributed by atoms with van der Waals surface area (Å²) in [5, 5.41) is 2.78. The number of benzene rings is 1. The van der Waals surface area contributed by atoms with Crippen molar-refractivity contribution in [3.05, 3.63) is 41.6 Å². The molecule has 0 spiro atoms. The van der Waals surface area contributed by atoms with Crippen LogP contribution < -0.4 is 5.32 Å². The number of alkyl halides is 3. The minimum absolute atomic E-state index is 0.317. The molecule has 2 rings (SSSR count). The summed E-state index contributed by atoms with van der Waals surface area (Å²) in [5.74, 6) is -3.21. The second-order valence-corrected chi connectivity index (χ2v) is 6.89. The third-order valence-electron chi connectivity index (χ3n) is 4.87. The maximum Gasteiger partial charge on any atom is 0.454 e. The molecule has 0 unspecified atom stereocenters. The first-order chi connectivity index (χ1) is 14.2. The minimum Gasteiger partial charge on any atom is -0.454 e. The van der Waals surface area contributed by atoms with E-state index in [0.717, 1.165) is 30.2 Å². The molecule has 1 atom stereocenters. The summed E-state index contributed by atoms with van der Waals surface area (Å²) in [6, 6.07) is 4.90. The Bertz CT molecular complexity index is 799. The van der Waals surface area contributed by atoms with Gasteiger partial charge in [-0.2, -0.15) is 13.2 Å². The van der Waals surface area contributed by atoms with E-state index in [9.17, 15) is 27.6 Å². The number of hydrogen-bond acceptors (Lipinski definition) is 5. The van der Waals surface area contributed by atoms with Crippen LogP contribution in [0.3, 0.4) is 0 Å². The zero-order valence-electron chi connectivity index (χ0n) is 16.9. The number of esters is 1. The van der Waals surface area contributed by atoms with Crippen molar-refractivity contribution < 1.29 is 32.3 Å². The molecular formula is C21H25F3N2O4. The molecule has 0 bridgehead atoms. The molecule has 1 aliphatic heterocycles.